The molecule has 5 rings (SSSR count). The Hall–Kier alpha value is -4.07. The van der Waals surface area contributed by atoms with Gasteiger partial charge in [-0.15, -0.1) is 0 Å². The zero-order valence-electron chi connectivity index (χ0n) is 17.5. The van der Waals surface area contributed by atoms with Gasteiger partial charge in [0.2, 0.25) is 5.78 Å². The summed E-state index contributed by atoms with van der Waals surface area (Å²) in [5.41, 5.74) is 10.6. The first-order valence-corrected chi connectivity index (χ1v) is 10.1. The highest BCUT2D eigenvalue weighted by Crippen LogP contribution is 2.31. The van der Waals surface area contributed by atoms with Crippen LogP contribution in [0.5, 0.6) is 0 Å². The van der Waals surface area contributed by atoms with Crippen molar-refractivity contribution < 1.29 is 0 Å². The number of fused-ring (bicyclic) bond motifs is 3. The molecule has 0 spiro atoms. The number of nitrogen functional groups attached to an aromatic ring is 1. The highest BCUT2D eigenvalue weighted by molar-refractivity contribution is 5.80. The van der Waals surface area contributed by atoms with E-state index in [4.69, 9.17) is 10.7 Å². The number of aromatic nitrogens is 5. The normalized spacial score (nSPS) is 11.6. The van der Waals surface area contributed by atoms with E-state index < -0.39 is 11.2 Å². The van der Waals surface area contributed by atoms with Gasteiger partial charge in [0.1, 0.15) is 0 Å². The summed E-state index contributed by atoms with van der Waals surface area (Å²) in [5.74, 6) is 0.515. The highest BCUT2D eigenvalue weighted by Gasteiger charge is 2.22. The van der Waals surface area contributed by atoms with Gasteiger partial charge in [-0.1, -0.05) is 43.3 Å². The number of imidazole rings is 2. The molecule has 0 saturated carbocycles. The van der Waals surface area contributed by atoms with Crippen LogP contribution >= 0.6 is 0 Å². The van der Waals surface area contributed by atoms with Gasteiger partial charge in [0.15, 0.2) is 11.2 Å². The van der Waals surface area contributed by atoms with Crippen LogP contribution in [0.25, 0.3) is 33.9 Å². The van der Waals surface area contributed by atoms with Gasteiger partial charge in [-0.3, -0.25) is 22.9 Å². The zero-order valence-corrected chi connectivity index (χ0v) is 17.5. The Balaban J connectivity index is 1.95. The van der Waals surface area contributed by atoms with E-state index in [1.54, 1.807) is 11.4 Å². The van der Waals surface area contributed by atoms with Gasteiger partial charge >= 0.3 is 5.69 Å². The van der Waals surface area contributed by atoms with Crippen LogP contribution in [-0.4, -0.2) is 23.1 Å². The van der Waals surface area contributed by atoms with Crippen LogP contribution in [0.2, 0.25) is 0 Å². The second-order valence-corrected chi connectivity index (χ2v) is 7.62. The lowest BCUT2D eigenvalue weighted by atomic mass is 10.1. The molecule has 0 bridgehead atoms. The van der Waals surface area contributed by atoms with Crippen molar-refractivity contribution in [2.45, 2.75) is 13.3 Å². The van der Waals surface area contributed by atoms with E-state index in [1.807, 2.05) is 35.0 Å². The summed E-state index contributed by atoms with van der Waals surface area (Å²) in [6, 6.07) is 15.8. The first-order chi connectivity index (χ1) is 14.9. The number of para-hydroxylation sites is 2. The van der Waals surface area contributed by atoms with E-state index in [1.165, 1.54) is 17.2 Å². The lowest BCUT2D eigenvalue weighted by molar-refractivity contribution is 0.708. The summed E-state index contributed by atoms with van der Waals surface area (Å²) in [4.78, 5) is 30.1. The largest absolute Gasteiger partial charge is 0.397 e. The number of nitrogens with zero attached hydrogens (tertiary/aromatic N) is 5. The molecule has 3 heterocycles. The van der Waals surface area contributed by atoms with Crippen LogP contribution in [0.15, 0.2) is 64.3 Å². The van der Waals surface area contributed by atoms with E-state index in [0.717, 1.165) is 27.9 Å². The predicted molar refractivity (Wildman–Crippen MR) is 122 cm³/mol. The van der Waals surface area contributed by atoms with Crippen molar-refractivity contribution in [3.63, 3.8) is 0 Å². The summed E-state index contributed by atoms with van der Waals surface area (Å²) in [7, 11) is 3.09. The van der Waals surface area contributed by atoms with Gasteiger partial charge in [-0.05, 0) is 24.1 Å². The Kier molecular flexibility index (Phi) is 4.11. The molecule has 0 saturated heterocycles. The monoisotopic (exact) mass is 414 g/mol. The van der Waals surface area contributed by atoms with E-state index >= 15 is 0 Å². The van der Waals surface area contributed by atoms with Crippen molar-refractivity contribution in [3.05, 3.63) is 81.1 Å². The molecule has 0 aliphatic carbocycles. The van der Waals surface area contributed by atoms with Gasteiger partial charge in [0, 0.05) is 25.9 Å². The molecular weight excluding hydrogens is 392 g/mol. The highest BCUT2D eigenvalue weighted by atomic mass is 16.2. The molecule has 2 aromatic carbocycles. The number of nitrogens with two attached hydrogens (primary N) is 1. The van der Waals surface area contributed by atoms with E-state index in [0.29, 0.717) is 22.6 Å². The minimum absolute atomic E-state index is 0.333. The molecule has 5 aromatic rings. The standard InChI is InChI=1S/C23H22N6O2/c1-4-14-9-11-15(12-10-14)18-13-28-19-20(26(2)23(31)27(3)21(19)30)25-22(28)29(18)17-8-6-5-7-16(17)24/h5-13H,4,24H2,1-3H3. The average Bonchev–Trinajstić information content (AvgIpc) is 3.33. The van der Waals surface area contributed by atoms with Crippen molar-refractivity contribution in [1.82, 2.24) is 23.1 Å². The number of hydrogen-bond donors (Lipinski definition) is 1. The Morgan fingerprint density at radius 3 is 2.35 bits per heavy atom. The van der Waals surface area contributed by atoms with Crippen LogP contribution in [0, 0.1) is 0 Å². The number of benzene rings is 2. The fraction of sp³-hybridized carbons (Fsp3) is 0.174. The van der Waals surface area contributed by atoms with Gasteiger partial charge in [-0.25, -0.2) is 4.79 Å². The third-order valence-corrected chi connectivity index (χ3v) is 5.80. The molecule has 0 aliphatic heterocycles. The van der Waals surface area contributed by atoms with Gasteiger partial charge in [-0.2, -0.15) is 4.98 Å². The van der Waals surface area contributed by atoms with Gasteiger partial charge < -0.3 is 5.73 Å². The predicted octanol–water partition coefficient (Wildman–Crippen LogP) is 2.49. The van der Waals surface area contributed by atoms with E-state index in [2.05, 4.69) is 31.2 Å². The summed E-state index contributed by atoms with van der Waals surface area (Å²) in [6.07, 6.45) is 2.83. The number of aryl methyl sites for hydroxylation is 2. The van der Waals surface area contributed by atoms with Gasteiger partial charge in [0.25, 0.3) is 5.56 Å². The van der Waals surface area contributed by atoms with Crippen LogP contribution in [0.3, 0.4) is 0 Å². The topological polar surface area (TPSA) is 92.2 Å². The molecule has 0 unspecified atom stereocenters. The third-order valence-electron chi connectivity index (χ3n) is 5.80. The molecule has 2 N–H and O–H groups in total. The fourth-order valence-electron chi connectivity index (χ4n) is 4.01. The summed E-state index contributed by atoms with van der Waals surface area (Å²) >= 11 is 0. The second kappa shape index (κ2) is 6.73. The number of hydrogen-bond acceptors (Lipinski definition) is 4. The van der Waals surface area contributed by atoms with Crippen LogP contribution in [0.4, 0.5) is 5.69 Å². The zero-order chi connectivity index (χ0) is 21.9. The summed E-state index contributed by atoms with van der Waals surface area (Å²) in [5, 5.41) is 0. The lowest BCUT2D eigenvalue weighted by Crippen LogP contribution is -2.37. The van der Waals surface area contributed by atoms with Crippen LogP contribution in [0.1, 0.15) is 12.5 Å². The molecule has 0 radical (unpaired) electrons. The average molecular weight is 414 g/mol. The first-order valence-electron chi connectivity index (χ1n) is 10.1. The Morgan fingerprint density at radius 2 is 1.68 bits per heavy atom. The first kappa shape index (κ1) is 18.9. The maximum atomic E-state index is 13.0. The molecule has 31 heavy (non-hydrogen) atoms. The summed E-state index contributed by atoms with van der Waals surface area (Å²) < 4.78 is 6.16. The summed E-state index contributed by atoms with van der Waals surface area (Å²) in [6.45, 7) is 2.11. The molecular formula is C23H22N6O2. The van der Waals surface area contributed by atoms with Crippen molar-refractivity contribution in [2.24, 2.45) is 14.1 Å². The van der Waals surface area contributed by atoms with Crippen molar-refractivity contribution in [1.29, 1.82) is 0 Å². The minimum Gasteiger partial charge on any atom is -0.397 e. The van der Waals surface area contributed by atoms with Crippen LogP contribution < -0.4 is 17.0 Å². The number of rotatable bonds is 3. The number of anilines is 1. The molecule has 0 fully saturated rings. The Bertz CT molecular complexity index is 1580. The smallest absolute Gasteiger partial charge is 0.332 e. The molecule has 0 aliphatic rings. The van der Waals surface area contributed by atoms with Crippen molar-refractivity contribution in [2.75, 3.05) is 5.73 Å². The maximum Gasteiger partial charge on any atom is 0.332 e. The molecule has 0 atom stereocenters. The SMILES string of the molecule is CCc1ccc(-c2cn3c4c(=O)n(C)c(=O)n(C)c4nc3n2-c2ccccc2N)cc1. The maximum absolute atomic E-state index is 13.0. The fourth-order valence-corrected chi connectivity index (χ4v) is 4.01. The van der Waals surface area contributed by atoms with Crippen molar-refractivity contribution in [3.8, 4) is 16.9 Å². The van der Waals surface area contributed by atoms with Crippen LogP contribution in [-0.2, 0) is 20.5 Å². The van der Waals surface area contributed by atoms with Gasteiger partial charge in [0.05, 0.1) is 17.1 Å². The molecule has 3 aromatic heterocycles. The Morgan fingerprint density at radius 1 is 0.968 bits per heavy atom. The minimum atomic E-state index is -0.417. The van der Waals surface area contributed by atoms with E-state index in [-0.39, 0.29) is 0 Å². The molecule has 0 amide bonds. The second-order valence-electron chi connectivity index (χ2n) is 7.62. The lowest BCUT2D eigenvalue weighted by Gasteiger charge is -2.12. The molecule has 8 heteroatoms. The quantitative estimate of drug-likeness (QED) is 0.459. The van der Waals surface area contributed by atoms with E-state index in [9.17, 15) is 9.59 Å². The Labute approximate surface area is 177 Å². The molecule has 8 nitrogen and oxygen atoms in total. The van der Waals surface area contributed by atoms with Crippen molar-refractivity contribution >= 4 is 22.6 Å². The molecule has 156 valence electrons. The third kappa shape index (κ3) is 2.64.